The topological polar surface area (TPSA) is 44.0 Å². The molecule has 0 radical (unpaired) electrons. The van der Waals surface area contributed by atoms with Gasteiger partial charge in [-0.25, -0.2) is 0 Å². The van der Waals surface area contributed by atoms with Gasteiger partial charge in [0.05, 0.1) is 17.6 Å². The third-order valence-corrected chi connectivity index (χ3v) is 3.72. The van der Waals surface area contributed by atoms with E-state index in [4.69, 9.17) is 0 Å². The average Bonchev–Trinajstić information content (AvgIpc) is 2.18. The predicted octanol–water partition coefficient (Wildman–Crippen LogP) is 2.72. The van der Waals surface area contributed by atoms with Crippen molar-refractivity contribution in [2.24, 2.45) is 17.3 Å². The fourth-order valence-electron chi connectivity index (χ4n) is 2.64. The van der Waals surface area contributed by atoms with E-state index < -0.39 is 11.5 Å². The van der Waals surface area contributed by atoms with Crippen molar-refractivity contribution in [3.63, 3.8) is 0 Å². The zero-order valence-electron chi connectivity index (χ0n) is 9.45. The van der Waals surface area contributed by atoms with Gasteiger partial charge in [0.15, 0.2) is 0 Å². The minimum Gasteiger partial charge on any atom is -0.391 e. The Morgan fingerprint density at radius 3 is 2.50 bits per heavy atom. The van der Waals surface area contributed by atoms with Crippen LogP contribution in [0.25, 0.3) is 0 Å². The van der Waals surface area contributed by atoms with Gasteiger partial charge in [-0.1, -0.05) is 33.6 Å². The smallest absolute Gasteiger partial charge is 0.0860 e. The van der Waals surface area contributed by atoms with Crippen LogP contribution in [0.3, 0.4) is 0 Å². The molecule has 0 aliphatic heterocycles. The molecule has 0 amide bonds. The van der Waals surface area contributed by atoms with Gasteiger partial charge in [0.2, 0.25) is 0 Å². The normalized spacial score (nSPS) is 35.3. The van der Waals surface area contributed by atoms with Crippen molar-refractivity contribution >= 4 is 0 Å². The maximum Gasteiger partial charge on any atom is 0.0860 e. The molecule has 3 atom stereocenters. The Hall–Kier alpha value is -0.550. The largest absolute Gasteiger partial charge is 0.391 e. The lowest BCUT2D eigenvalue weighted by Crippen LogP contribution is -2.44. The van der Waals surface area contributed by atoms with Crippen LogP contribution in [0.4, 0.5) is 0 Å². The van der Waals surface area contributed by atoms with Gasteiger partial charge in [-0.05, 0) is 24.7 Å². The molecular formula is C12H21NO. The van der Waals surface area contributed by atoms with Gasteiger partial charge in [0.25, 0.3) is 0 Å². The molecule has 1 N–H and O–H groups in total. The number of nitriles is 1. The summed E-state index contributed by atoms with van der Waals surface area (Å²) < 4.78 is 0. The predicted molar refractivity (Wildman–Crippen MR) is 56.5 cm³/mol. The molecule has 0 saturated heterocycles. The SMILES string of the molecule is CC(C)C(O)C1(C#N)CCCCC1C. The fraction of sp³-hybridized carbons (Fsp3) is 0.917. The lowest BCUT2D eigenvalue weighted by Gasteiger charge is -2.42. The Balaban J connectivity index is 2.89. The van der Waals surface area contributed by atoms with Gasteiger partial charge in [-0.15, -0.1) is 0 Å². The summed E-state index contributed by atoms with van der Waals surface area (Å²) in [4.78, 5) is 0. The van der Waals surface area contributed by atoms with Crippen molar-refractivity contribution in [3.8, 4) is 6.07 Å². The molecule has 3 unspecified atom stereocenters. The van der Waals surface area contributed by atoms with E-state index in [1.54, 1.807) is 0 Å². The molecule has 80 valence electrons. The molecule has 1 rings (SSSR count). The third-order valence-electron chi connectivity index (χ3n) is 3.72. The quantitative estimate of drug-likeness (QED) is 0.736. The molecule has 1 aliphatic rings. The summed E-state index contributed by atoms with van der Waals surface area (Å²) in [6.45, 7) is 6.09. The van der Waals surface area contributed by atoms with E-state index >= 15 is 0 Å². The first-order valence-electron chi connectivity index (χ1n) is 5.64. The average molecular weight is 195 g/mol. The minimum atomic E-state index is -0.480. The molecule has 0 heterocycles. The first-order valence-corrected chi connectivity index (χ1v) is 5.64. The summed E-state index contributed by atoms with van der Waals surface area (Å²) in [6.07, 6.45) is 3.76. The zero-order valence-corrected chi connectivity index (χ0v) is 9.45. The molecular weight excluding hydrogens is 174 g/mol. The highest BCUT2D eigenvalue weighted by Gasteiger charge is 2.45. The highest BCUT2D eigenvalue weighted by molar-refractivity contribution is 5.08. The second-order valence-corrected chi connectivity index (χ2v) is 4.99. The van der Waals surface area contributed by atoms with Crippen LogP contribution in [0.1, 0.15) is 46.5 Å². The number of hydrogen-bond donors (Lipinski definition) is 1. The second-order valence-electron chi connectivity index (χ2n) is 4.99. The molecule has 1 aliphatic carbocycles. The van der Waals surface area contributed by atoms with Crippen LogP contribution >= 0.6 is 0 Å². The van der Waals surface area contributed by atoms with Crippen molar-refractivity contribution < 1.29 is 5.11 Å². The van der Waals surface area contributed by atoms with E-state index in [1.165, 1.54) is 6.42 Å². The second kappa shape index (κ2) is 4.31. The number of nitrogens with zero attached hydrogens (tertiary/aromatic N) is 1. The number of rotatable bonds is 2. The van der Waals surface area contributed by atoms with Crippen LogP contribution in [0.2, 0.25) is 0 Å². The maximum absolute atomic E-state index is 10.1. The Bertz CT molecular complexity index is 231. The minimum absolute atomic E-state index is 0.176. The van der Waals surface area contributed by atoms with Gasteiger partial charge < -0.3 is 5.11 Å². The van der Waals surface area contributed by atoms with E-state index in [0.717, 1.165) is 19.3 Å². The van der Waals surface area contributed by atoms with Crippen LogP contribution in [0, 0.1) is 28.6 Å². The fourth-order valence-corrected chi connectivity index (χ4v) is 2.64. The summed E-state index contributed by atoms with van der Waals surface area (Å²) in [6, 6.07) is 2.40. The van der Waals surface area contributed by atoms with Crippen molar-refractivity contribution in [1.82, 2.24) is 0 Å². The zero-order chi connectivity index (χ0) is 10.8. The molecule has 2 heteroatoms. The Morgan fingerprint density at radius 1 is 1.43 bits per heavy atom. The van der Waals surface area contributed by atoms with E-state index in [9.17, 15) is 10.4 Å². The van der Waals surface area contributed by atoms with E-state index in [1.807, 2.05) is 13.8 Å². The van der Waals surface area contributed by atoms with Gasteiger partial charge in [-0.2, -0.15) is 5.26 Å². The van der Waals surface area contributed by atoms with Crippen LogP contribution in [0.5, 0.6) is 0 Å². The number of aliphatic hydroxyl groups excluding tert-OH is 1. The summed E-state index contributed by atoms with van der Waals surface area (Å²) in [5.74, 6) is 0.508. The van der Waals surface area contributed by atoms with Crippen molar-refractivity contribution in [2.45, 2.75) is 52.6 Å². The standard InChI is InChI=1S/C12H21NO/c1-9(2)11(14)12(8-13)7-5-4-6-10(12)3/h9-11,14H,4-7H2,1-3H3. The third kappa shape index (κ3) is 1.79. The highest BCUT2D eigenvalue weighted by Crippen LogP contribution is 2.45. The van der Waals surface area contributed by atoms with Crippen molar-refractivity contribution in [3.05, 3.63) is 0 Å². The van der Waals surface area contributed by atoms with E-state index in [-0.39, 0.29) is 5.92 Å². The van der Waals surface area contributed by atoms with Crippen molar-refractivity contribution in [1.29, 1.82) is 5.26 Å². The summed E-state index contributed by atoms with van der Waals surface area (Å²) >= 11 is 0. The number of hydrogen-bond acceptors (Lipinski definition) is 2. The molecule has 14 heavy (non-hydrogen) atoms. The molecule has 2 nitrogen and oxygen atoms in total. The Kier molecular flexibility index (Phi) is 3.55. The molecule has 0 aromatic heterocycles. The Morgan fingerprint density at radius 2 is 2.07 bits per heavy atom. The van der Waals surface area contributed by atoms with Gasteiger partial charge in [-0.3, -0.25) is 0 Å². The maximum atomic E-state index is 10.1. The lowest BCUT2D eigenvalue weighted by atomic mass is 9.62. The molecule has 1 fully saturated rings. The summed E-state index contributed by atoms with van der Waals surface area (Å²) in [7, 11) is 0. The first kappa shape index (κ1) is 11.5. The van der Waals surface area contributed by atoms with Gasteiger partial charge in [0.1, 0.15) is 0 Å². The number of aliphatic hydroxyl groups is 1. The first-order chi connectivity index (χ1) is 6.54. The van der Waals surface area contributed by atoms with E-state index in [2.05, 4.69) is 13.0 Å². The molecule has 0 aromatic rings. The van der Waals surface area contributed by atoms with Crippen molar-refractivity contribution in [2.75, 3.05) is 0 Å². The van der Waals surface area contributed by atoms with Gasteiger partial charge in [0, 0.05) is 0 Å². The van der Waals surface area contributed by atoms with E-state index in [0.29, 0.717) is 5.92 Å². The molecule has 0 bridgehead atoms. The summed E-state index contributed by atoms with van der Waals surface area (Å²) in [5.41, 5.74) is -0.480. The van der Waals surface area contributed by atoms with Crippen LogP contribution in [-0.2, 0) is 0 Å². The highest BCUT2D eigenvalue weighted by atomic mass is 16.3. The van der Waals surface area contributed by atoms with Crippen LogP contribution < -0.4 is 0 Å². The van der Waals surface area contributed by atoms with Crippen LogP contribution in [-0.4, -0.2) is 11.2 Å². The molecule has 0 spiro atoms. The molecule has 1 saturated carbocycles. The monoisotopic (exact) mass is 195 g/mol. The molecule has 0 aromatic carbocycles. The Labute approximate surface area is 86.9 Å². The van der Waals surface area contributed by atoms with Crippen LogP contribution in [0.15, 0.2) is 0 Å². The van der Waals surface area contributed by atoms with Gasteiger partial charge >= 0.3 is 0 Å². The lowest BCUT2D eigenvalue weighted by molar-refractivity contribution is -0.0269. The summed E-state index contributed by atoms with van der Waals surface area (Å²) in [5, 5.41) is 19.5.